The van der Waals surface area contributed by atoms with E-state index >= 15 is 0 Å². The first-order chi connectivity index (χ1) is 15.3. The van der Waals surface area contributed by atoms with Gasteiger partial charge in [-0.15, -0.1) is 0 Å². The number of thioether (sulfide) groups is 1. The van der Waals surface area contributed by atoms with Crippen molar-refractivity contribution in [2.75, 3.05) is 0 Å². The summed E-state index contributed by atoms with van der Waals surface area (Å²) in [4.78, 5) is 17.0. The summed E-state index contributed by atoms with van der Waals surface area (Å²) < 4.78 is 7.57. The van der Waals surface area contributed by atoms with E-state index in [1.165, 1.54) is 27.9 Å². The molecule has 7 nitrogen and oxygen atoms in total. The first-order valence-electron chi connectivity index (χ1n) is 10.1. The number of aryl methyl sites for hydroxylation is 3. The van der Waals surface area contributed by atoms with Crippen LogP contribution in [0.2, 0.25) is 0 Å². The maximum absolute atomic E-state index is 12.8. The van der Waals surface area contributed by atoms with E-state index in [2.05, 4.69) is 46.7 Å². The zero-order valence-corrected chi connectivity index (χ0v) is 18.9. The van der Waals surface area contributed by atoms with Gasteiger partial charge in [0, 0.05) is 17.1 Å². The predicted molar refractivity (Wildman–Crippen MR) is 128 cm³/mol. The van der Waals surface area contributed by atoms with Crippen molar-refractivity contribution < 1.29 is 9.21 Å². The number of carbonyl (C=O) groups is 1. The molecule has 0 radical (unpaired) electrons. The van der Waals surface area contributed by atoms with E-state index in [-0.39, 0.29) is 11.4 Å². The summed E-state index contributed by atoms with van der Waals surface area (Å²) in [6, 6.07) is 11.9. The molecule has 1 amide bonds. The molecule has 0 fully saturated rings. The lowest BCUT2D eigenvalue weighted by Crippen LogP contribution is -2.35. The fourth-order valence-corrected chi connectivity index (χ4v) is 4.77. The molecule has 32 heavy (non-hydrogen) atoms. The summed E-state index contributed by atoms with van der Waals surface area (Å²) in [6.07, 6.45) is 3.30. The van der Waals surface area contributed by atoms with Crippen LogP contribution in [0, 0.1) is 33.1 Å². The predicted octanol–water partition coefficient (Wildman–Crippen LogP) is 4.97. The quantitative estimate of drug-likeness (QED) is 0.579. The number of benzene rings is 1. The highest BCUT2D eigenvalue weighted by molar-refractivity contribution is 8.27. The average Bonchev–Trinajstić information content (AvgIpc) is 3.47. The average molecular weight is 444 g/mol. The van der Waals surface area contributed by atoms with Crippen LogP contribution in [-0.2, 0) is 4.79 Å². The summed E-state index contributed by atoms with van der Waals surface area (Å²) in [5.41, 5.74) is 6.59. The van der Waals surface area contributed by atoms with Crippen molar-refractivity contribution in [3.63, 3.8) is 0 Å². The number of aromatic nitrogens is 1. The van der Waals surface area contributed by atoms with E-state index in [0.29, 0.717) is 16.0 Å². The van der Waals surface area contributed by atoms with Gasteiger partial charge < -0.3 is 8.98 Å². The number of aliphatic imine (C=N–C) groups is 1. The second kappa shape index (κ2) is 7.49. The summed E-state index contributed by atoms with van der Waals surface area (Å²) >= 11 is 1.22. The molecule has 4 heterocycles. The lowest BCUT2D eigenvalue weighted by molar-refractivity contribution is -0.114. The number of hydrogen-bond donors (Lipinski definition) is 1. The van der Waals surface area contributed by atoms with Crippen molar-refractivity contribution in [1.29, 1.82) is 5.41 Å². The Morgan fingerprint density at radius 2 is 1.94 bits per heavy atom. The Morgan fingerprint density at radius 1 is 1.12 bits per heavy atom. The van der Waals surface area contributed by atoms with Gasteiger partial charge in [0.1, 0.15) is 0 Å². The number of rotatable bonds is 3. The number of furan rings is 1. The van der Waals surface area contributed by atoms with Crippen molar-refractivity contribution in [3.8, 4) is 5.69 Å². The maximum atomic E-state index is 12.8. The Bertz CT molecular complexity index is 1380. The van der Waals surface area contributed by atoms with Crippen LogP contribution >= 0.6 is 11.8 Å². The normalized spacial score (nSPS) is 17.1. The molecular formula is C24H21N5O2S. The molecule has 0 saturated carbocycles. The van der Waals surface area contributed by atoms with Gasteiger partial charge in [0.05, 0.1) is 11.8 Å². The standard InChI is InChI=1S/C24H21N5O2S/c1-13-7-8-14(2)19(10-13)28-15(3)11-17(16(28)4)12-18-21(25)29-24(26-22(18)30)32-23(27-29)20-6-5-9-31-20/h5-12,25H,1-4H3/b18-12+,25-21?. The Balaban J connectivity index is 1.55. The molecule has 0 unspecified atom stereocenters. The van der Waals surface area contributed by atoms with Crippen molar-refractivity contribution in [3.05, 3.63) is 82.1 Å². The van der Waals surface area contributed by atoms with Crippen LogP contribution in [0.1, 0.15) is 33.8 Å². The zero-order chi connectivity index (χ0) is 22.6. The Labute approximate surface area is 189 Å². The molecule has 160 valence electrons. The fourth-order valence-electron chi connectivity index (χ4n) is 3.91. The van der Waals surface area contributed by atoms with E-state index in [0.717, 1.165) is 22.6 Å². The third kappa shape index (κ3) is 3.23. The van der Waals surface area contributed by atoms with Crippen LogP contribution in [0.25, 0.3) is 11.8 Å². The van der Waals surface area contributed by atoms with Gasteiger partial charge in [0.15, 0.2) is 16.6 Å². The van der Waals surface area contributed by atoms with Crippen LogP contribution in [0.4, 0.5) is 0 Å². The molecule has 2 aromatic heterocycles. The minimum Gasteiger partial charge on any atom is -0.462 e. The molecule has 0 aliphatic carbocycles. The maximum Gasteiger partial charge on any atom is 0.283 e. The van der Waals surface area contributed by atoms with E-state index in [1.54, 1.807) is 24.5 Å². The number of fused-ring (bicyclic) bond motifs is 1. The number of amides is 1. The third-order valence-electron chi connectivity index (χ3n) is 5.56. The van der Waals surface area contributed by atoms with Crippen molar-refractivity contribution in [2.45, 2.75) is 27.7 Å². The van der Waals surface area contributed by atoms with Crippen molar-refractivity contribution in [2.24, 2.45) is 10.1 Å². The van der Waals surface area contributed by atoms with Crippen molar-refractivity contribution in [1.82, 2.24) is 9.58 Å². The SMILES string of the molecule is Cc1ccc(C)c(-n2c(C)cc(/C=C3\C(=N)N4N=C(c5ccco5)SC4=NC3=O)c2C)c1. The summed E-state index contributed by atoms with van der Waals surface area (Å²) in [5.74, 6) is 0.140. The molecule has 0 bridgehead atoms. The highest BCUT2D eigenvalue weighted by Crippen LogP contribution is 2.32. The van der Waals surface area contributed by atoms with Crippen LogP contribution < -0.4 is 0 Å². The molecule has 0 spiro atoms. The second-order valence-electron chi connectivity index (χ2n) is 7.85. The lowest BCUT2D eigenvalue weighted by Gasteiger charge is -2.20. The highest BCUT2D eigenvalue weighted by Gasteiger charge is 2.36. The first-order valence-corrected chi connectivity index (χ1v) is 11.0. The topological polar surface area (TPSA) is 86.9 Å². The number of carbonyl (C=O) groups excluding carboxylic acids is 1. The van der Waals surface area contributed by atoms with Gasteiger partial charge in [-0.3, -0.25) is 10.2 Å². The number of amidine groups is 2. The second-order valence-corrected chi connectivity index (χ2v) is 8.81. The Hall–Kier alpha value is -3.65. The largest absolute Gasteiger partial charge is 0.462 e. The Morgan fingerprint density at radius 3 is 2.69 bits per heavy atom. The van der Waals surface area contributed by atoms with E-state index in [1.807, 2.05) is 19.9 Å². The summed E-state index contributed by atoms with van der Waals surface area (Å²) in [6.45, 7) is 8.22. The van der Waals surface area contributed by atoms with Gasteiger partial charge in [0.2, 0.25) is 5.17 Å². The molecule has 5 rings (SSSR count). The molecule has 0 atom stereocenters. The lowest BCUT2D eigenvalue weighted by atomic mass is 10.1. The van der Waals surface area contributed by atoms with Crippen LogP contribution in [-0.4, -0.2) is 31.5 Å². The number of nitrogens with zero attached hydrogens (tertiary/aromatic N) is 4. The van der Waals surface area contributed by atoms with Gasteiger partial charge in [-0.1, -0.05) is 12.1 Å². The minimum atomic E-state index is -0.443. The fraction of sp³-hybridized carbons (Fsp3) is 0.167. The monoisotopic (exact) mass is 443 g/mol. The molecule has 0 saturated heterocycles. The molecule has 2 aliphatic heterocycles. The minimum absolute atomic E-state index is 0.00518. The van der Waals surface area contributed by atoms with Crippen molar-refractivity contribution >= 4 is 39.8 Å². The molecule has 3 aromatic rings. The summed E-state index contributed by atoms with van der Waals surface area (Å²) in [5, 5.41) is 15.4. The zero-order valence-electron chi connectivity index (χ0n) is 18.1. The first kappa shape index (κ1) is 20.3. The smallest absolute Gasteiger partial charge is 0.283 e. The van der Waals surface area contributed by atoms with Gasteiger partial charge in [-0.25, -0.2) is 0 Å². The third-order valence-corrected chi connectivity index (χ3v) is 6.49. The van der Waals surface area contributed by atoms with Crippen LogP contribution in [0.3, 0.4) is 0 Å². The molecule has 1 aromatic carbocycles. The van der Waals surface area contributed by atoms with E-state index in [4.69, 9.17) is 9.83 Å². The van der Waals surface area contributed by atoms with Gasteiger partial charge >= 0.3 is 0 Å². The molecule has 8 heteroatoms. The number of hydrazone groups is 1. The highest BCUT2D eigenvalue weighted by atomic mass is 32.2. The number of hydrogen-bond acceptors (Lipinski definition) is 5. The van der Waals surface area contributed by atoms with Crippen LogP contribution in [0.5, 0.6) is 0 Å². The molecule has 2 aliphatic rings. The van der Waals surface area contributed by atoms with Gasteiger partial charge in [-0.05, 0) is 86.5 Å². The van der Waals surface area contributed by atoms with Crippen LogP contribution in [0.15, 0.2) is 62.7 Å². The van der Waals surface area contributed by atoms with E-state index in [9.17, 15) is 4.79 Å². The van der Waals surface area contributed by atoms with Gasteiger partial charge in [-0.2, -0.15) is 15.1 Å². The molecular weight excluding hydrogens is 422 g/mol. The molecule has 1 N–H and O–H groups in total. The van der Waals surface area contributed by atoms with Gasteiger partial charge in [0.25, 0.3) is 5.91 Å². The van der Waals surface area contributed by atoms with E-state index < -0.39 is 5.91 Å². The number of nitrogens with one attached hydrogen (secondary N) is 1. The summed E-state index contributed by atoms with van der Waals surface area (Å²) in [7, 11) is 0. The Kier molecular flexibility index (Phi) is 4.74.